The van der Waals surface area contributed by atoms with Gasteiger partial charge in [-0.15, -0.1) is 0 Å². The lowest BCUT2D eigenvalue weighted by Gasteiger charge is -2.10. The average molecular weight is 394 g/mol. The van der Waals surface area contributed by atoms with Crippen LogP contribution in [0.3, 0.4) is 0 Å². The van der Waals surface area contributed by atoms with Gasteiger partial charge < -0.3 is 20.4 Å². The lowest BCUT2D eigenvalue weighted by molar-refractivity contribution is -0.114. The Kier molecular flexibility index (Phi) is 5.59. The molecule has 0 saturated heterocycles. The molecule has 1 heterocycles. The van der Waals surface area contributed by atoms with Gasteiger partial charge in [0.05, 0.1) is 12.8 Å². The summed E-state index contributed by atoms with van der Waals surface area (Å²) in [7, 11) is 1.50. The summed E-state index contributed by atoms with van der Waals surface area (Å²) in [4.78, 5) is 51.1. The molecule has 29 heavy (non-hydrogen) atoms. The van der Waals surface area contributed by atoms with Crippen molar-refractivity contribution in [2.75, 3.05) is 17.7 Å². The van der Waals surface area contributed by atoms with Crippen LogP contribution < -0.4 is 26.6 Å². The van der Waals surface area contributed by atoms with Gasteiger partial charge in [-0.2, -0.15) is 0 Å². The normalized spacial score (nSPS) is 10.3. The highest BCUT2D eigenvalue weighted by Crippen LogP contribution is 2.16. The summed E-state index contributed by atoms with van der Waals surface area (Å²) in [6.07, 6.45) is 1.07. The first-order chi connectivity index (χ1) is 13.9. The van der Waals surface area contributed by atoms with E-state index in [4.69, 9.17) is 4.74 Å². The summed E-state index contributed by atoms with van der Waals surface area (Å²) in [5.41, 5.74) is -0.529. The Hall–Kier alpha value is -4.14. The highest BCUT2D eigenvalue weighted by atomic mass is 16.5. The molecule has 0 atom stereocenters. The predicted octanol–water partition coefficient (Wildman–Crippen LogP) is 1.75. The van der Waals surface area contributed by atoms with E-state index < -0.39 is 17.2 Å². The van der Waals surface area contributed by atoms with Crippen molar-refractivity contribution in [2.24, 2.45) is 0 Å². The number of hydrogen-bond donors (Lipinski definition) is 3. The standard InChI is InChI=1S/C20H18N4O5/c1-12(25)22-13-4-3-5-14(10-13)23-18(26)17-11-21-20(28)24(19(17)27)15-6-8-16(29-2)9-7-15/h3-11H,1-2H3,(H,21,28)(H,22,25)(H,23,26). The maximum atomic E-state index is 12.8. The molecule has 3 aromatic rings. The van der Waals surface area contributed by atoms with Crippen molar-refractivity contribution in [3.8, 4) is 11.4 Å². The fraction of sp³-hybridized carbons (Fsp3) is 0.100. The number of nitrogens with zero attached hydrogens (tertiary/aromatic N) is 1. The minimum absolute atomic E-state index is 0.245. The second-order valence-corrected chi connectivity index (χ2v) is 6.06. The smallest absolute Gasteiger partial charge is 0.333 e. The highest BCUT2D eigenvalue weighted by molar-refractivity contribution is 6.04. The number of H-pyrrole nitrogens is 1. The molecule has 0 radical (unpaired) electrons. The van der Waals surface area contributed by atoms with E-state index in [9.17, 15) is 19.2 Å². The molecular formula is C20H18N4O5. The van der Waals surface area contributed by atoms with Gasteiger partial charge in [0.2, 0.25) is 5.91 Å². The molecule has 0 bridgehead atoms. The SMILES string of the molecule is COc1ccc(-n2c(=O)[nH]cc(C(=O)Nc3cccc(NC(C)=O)c3)c2=O)cc1. The number of rotatable bonds is 5. The number of methoxy groups -OCH3 is 1. The van der Waals surface area contributed by atoms with Gasteiger partial charge in [0.1, 0.15) is 11.3 Å². The molecule has 148 valence electrons. The molecule has 3 rings (SSSR count). The van der Waals surface area contributed by atoms with Crippen LogP contribution in [-0.4, -0.2) is 28.5 Å². The van der Waals surface area contributed by atoms with Crippen LogP contribution in [0.2, 0.25) is 0 Å². The summed E-state index contributed by atoms with van der Waals surface area (Å²) in [5, 5.41) is 5.19. The highest BCUT2D eigenvalue weighted by Gasteiger charge is 2.16. The second-order valence-electron chi connectivity index (χ2n) is 6.06. The summed E-state index contributed by atoms with van der Waals surface area (Å²) in [5.74, 6) is -0.392. The van der Waals surface area contributed by atoms with E-state index in [0.29, 0.717) is 22.8 Å². The van der Waals surface area contributed by atoms with Gasteiger partial charge in [-0.1, -0.05) is 6.07 Å². The number of anilines is 2. The number of nitrogens with one attached hydrogen (secondary N) is 3. The predicted molar refractivity (Wildman–Crippen MR) is 108 cm³/mol. The second kappa shape index (κ2) is 8.26. The Labute approximate surface area is 165 Å². The molecule has 1 aromatic heterocycles. The summed E-state index contributed by atoms with van der Waals surface area (Å²) in [6, 6.07) is 12.7. The van der Waals surface area contributed by atoms with E-state index in [0.717, 1.165) is 10.8 Å². The van der Waals surface area contributed by atoms with Crippen molar-refractivity contribution in [3.63, 3.8) is 0 Å². The number of ether oxygens (including phenoxy) is 1. The zero-order chi connectivity index (χ0) is 21.0. The van der Waals surface area contributed by atoms with Crippen LogP contribution in [0.15, 0.2) is 64.3 Å². The Morgan fingerprint density at radius 2 is 1.66 bits per heavy atom. The fourth-order valence-corrected chi connectivity index (χ4v) is 2.68. The first-order valence-corrected chi connectivity index (χ1v) is 8.57. The van der Waals surface area contributed by atoms with Gasteiger partial charge in [-0.3, -0.25) is 14.4 Å². The number of amides is 2. The number of benzene rings is 2. The first-order valence-electron chi connectivity index (χ1n) is 8.57. The average Bonchev–Trinajstić information content (AvgIpc) is 2.68. The molecular weight excluding hydrogens is 376 g/mol. The Bertz CT molecular complexity index is 1180. The molecule has 0 aliphatic rings. The Morgan fingerprint density at radius 3 is 2.28 bits per heavy atom. The Balaban J connectivity index is 1.93. The van der Waals surface area contributed by atoms with Crippen LogP contribution in [0.1, 0.15) is 17.3 Å². The van der Waals surface area contributed by atoms with Crippen LogP contribution >= 0.6 is 0 Å². The van der Waals surface area contributed by atoms with Gasteiger partial charge in [0, 0.05) is 24.5 Å². The number of hydrogen-bond acceptors (Lipinski definition) is 5. The molecule has 0 unspecified atom stereocenters. The summed E-state index contributed by atoms with van der Waals surface area (Å²) >= 11 is 0. The topological polar surface area (TPSA) is 122 Å². The molecule has 9 nitrogen and oxygen atoms in total. The minimum Gasteiger partial charge on any atom is -0.497 e. The van der Waals surface area contributed by atoms with Gasteiger partial charge in [0.25, 0.3) is 11.5 Å². The van der Waals surface area contributed by atoms with Crippen molar-refractivity contribution in [1.29, 1.82) is 0 Å². The largest absolute Gasteiger partial charge is 0.497 e. The van der Waals surface area contributed by atoms with Crippen LogP contribution in [-0.2, 0) is 4.79 Å². The lowest BCUT2D eigenvalue weighted by Crippen LogP contribution is -2.38. The van der Waals surface area contributed by atoms with E-state index in [1.807, 2.05) is 0 Å². The van der Waals surface area contributed by atoms with Crippen LogP contribution in [0, 0.1) is 0 Å². The molecule has 0 aliphatic heterocycles. The van der Waals surface area contributed by atoms with Gasteiger partial charge in [0.15, 0.2) is 0 Å². The van der Waals surface area contributed by atoms with Gasteiger partial charge >= 0.3 is 5.69 Å². The van der Waals surface area contributed by atoms with Gasteiger partial charge in [-0.25, -0.2) is 9.36 Å². The van der Waals surface area contributed by atoms with E-state index >= 15 is 0 Å². The molecule has 0 aliphatic carbocycles. The summed E-state index contributed by atoms with van der Waals surface area (Å²) < 4.78 is 5.93. The number of carbonyl (C=O) groups excluding carboxylic acids is 2. The van der Waals surface area contributed by atoms with E-state index in [2.05, 4.69) is 15.6 Å². The molecule has 3 N–H and O–H groups in total. The fourth-order valence-electron chi connectivity index (χ4n) is 2.68. The molecule has 0 fully saturated rings. The number of aromatic amines is 1. The zero-order valence-corrected chi connectivity index (χ0v) is 15.7. The van der Waals surface area contributed by atoms with E-state index in [1.54, 1.807) is 36.4 Å². The maximum Gasteiger partial charge on any atom is 0.333 e. The molecule has 2 amide bonds. The molecule has 9 heteroatoms. The third kappa shape index (κ3) is 4.41. The Morgan fingerprint density at radius 1 is 1.00 bits per heavy atom. The van der Waals surface area contributed by atoms with Gasteiger partial charge in [-0.05, 0) is 42.5 Å². The van der Waals surface area contributed by atoms with Crippen LogP contribution in [0.4, 0.5) is 11.4 Å². The van der Waals surface area contributed by atoms with Crippen LogP contribution in [0.5, 0.6) is 5.75 Å². The van der Waals surface area contributed by atoms with Crippen molar-refractivity contribution >= 4 is 23.2 Å². The third-order valence-corrected chi connectivity index (χ3v) is 3.99. The van der Waals surface area contributed by atoms with Crippen molar-refractivity contribution in [2.45, 2.75) is 6.92 Å². The first kappa shape index (κ1) is 19.6. The van der Waals surface area contributed by atoms with Crippen molar-refractivity contribution < 1.29 is 14.3 Å². The lowest BCUT2D eigenvalue weighted by atomic mass is 10.2. The monoisotopic (exact) mass is 394 g/mol. The molecule has 0 saturated carbocycles. The molecule has 2 aromatic carbocycles. The maximum absolute atomic E-state index is 12.8. The quantitative estimate of drug-likeness (QED) is 0.608. The minimum atomic E-state index is -0.769. The van der Waals surface area contributed by atoms with Crippen molar-refractivity contribution in [3.05, 3.63) is 81.1 Å². The van der Waals surface area contributed by atoms with Crippen LogP contribution in [0.25, 0.3) is 5.69 Å². The number of aromatic nitrogens is 2. The van der Waals surface area contributed by atoms with E-state index in [-0.39, 0.29) is 11.5 Å². The zero-order valence-electron chi connectivity index (χ0n) is 15.7. The van der Waals surface area contributed by atoms with Crippen molar-refractivity contribution in [1.82, 2.24) is 9.55 Å². The van der Waals surface area contributed by atoms with E-state index in [1.165, 1.54) is 26.2 Å². The number of carbonyl (C=O) groups is 2. The molecule has 0 spiro atoms. The summed E-state index contributed by atoms with van der Waals surface area (Å²) in [6.45, 7) is 1.37. The third-order valence-electron chi connectivity index (χ3n) is 3.99.